The number of aliphatic hydroxyl groups is 1. The summed E-state index contributed by atoms with van der Waals surface area (Å²) in [5, 5.41) is 11.0. The Morgan fingerprint density at radius 1 is 1.17 bits per heavy atom. The van der Waals surface area contributed by atoms with Gasteiger partial charge in [-0.2, -0.15) is 0 Å². The van der Waals surface area contributed by atoms with E-state index in [-0.39, 0.29) is 11.3 Å². The van der Waals surface area contributed by atoms with Crippen molar-refractivity contribution in [3.05, 3.63) is 59.6 Å². The molecule has 2 heterocycles. The second-order valence-electron chi connectivity index (χ2n) is 7.08. The third-order valence-electron chi connectivity index (χ3n) is 4.97. The molecule has 0 aliphatic carbocycles. The molecule has 7 nitrogen and oxygen atoms in total. The number of carbonyl (C=O) groups is 2. The van der Waals surface area contributed by atoms with Crippen molar-refractivity contribution in [1.29, 1.82) is 0 Å². The normalized spacial score (nSPS) is 18.2. The maximum Gasteiger partial charge on any atom is 0.295 e. The molecule has 1 aliphatic heterocycles. The molecule has 1 unspecified atom stereocenters. The summed E-state index contributed by atoms with van der Waals surface area (Å²) in [5.41, 5.74) is 0.425. The lowest BCUT2D eigenvalue weighted by molar-refractivity contribution is -0.140. The summed E-state index contributed by atoms with van der Waals surface area (Å²) in [4.78, 5) is 27.0. The first-order valence-electron chi connectivity index (χ1n) is 10.1. The minimum atomic E-state index is -0.790. The highest BCUT2D eigenvalue weighted by atomic mass is 16.5. The van der Waals surface area contributed by atoms with Crippen molar-refractivity contribution in [2.75, 3.05) is 26.9 Å². The SMILES string of the molecule is CCCCOc1cccc(C(O)=C2C(=O)C(=O)N(CCCOC)C2c2ccco2)c1. The molecule has 160 valence electrons. The van der Waals surface area contributed by atoms with Crippen LogP contribution >= 0.6 is 0 Å². The second-order valence-corrected chi connectivity index (χ2v) is 7.08. The number of carbonyl (C=O) groups excluding carboxylic acids is 2. The van der Waals surface area contributed by atoms with Crippen LogP contribution in [0.5, 0.6) is 5.75 Å². The van der Waals surface area contributed by atoms with E-state index in [2.05, 4.69) is 6.92 Å². The molecule has 3 rings (SSSR count). The number of unbranched alkanes of at least 4 members (excludes halogenated alkanes) is 1. The number of Topliss-reactive ketones (excluding diaryl/α,β-unsaturated/α-hetero) is 1. The van der Waals surface area contributed by atoms with Gasteiger partial charge in [0.1, 0.15) is 23.3 Å². The van der Waals surface area contributed by atoms with Crippen LogP contribution in [-0.4, -0.2) is 48.6 Å². The minimum Gasteiger partial charge on any atom is -0.507 e. The van der Waals surface area contributed by atoms with Gasteiger partial charge in [-0.25, -0.2) is 0 Å². The first kappa shape index (κ1) is 21.6. The smallest absolute Gasteiger partial charge is 0.295 e. The summed E-state index contributed by atoms with van der Waals surface area (Å²) in [7, 11) is 1.58. The maximum atomic E-state index is 12.9. The fraction of sp³-hybridized carbons (Fsp3) is 0.391. The first-order valence-corrected chi connectivity index (χ1v) is 10.1. The van der Waals surface area contributed by atoms with E-state index in [1.54, 1.807) is 43.5 Å². The van der Waals surface area contributed by atoms with Crippen LogP contribution in [-0.2, 0) is 14.3 Å². The summed E-state index contributed by atoms with van der Waals surface area (Å²) in [6.45, 7) is 3.40. The first-order chi connectivity index (χ1) is 14.6. The average molecular weight is 413 g/mol. The van der Waals surface area contributed by atoms with Gasteiger partial charge in [-0.15, -0.1) is 0 Å². The van der Waals surface area contributed by atoms with E-state index in [1.807, 2.05) is 0 Å². The van der Waals surface area contributed by atoms with Gasteiger partial charge in [0, 0.05) is 25.8 Å². The zero-order valence-corrected chi connectivity index (χ0v) is 17.3. The van der Waals surface area contributed by atoms with Crippen molar-refractivity contribution in [3.63, 3.8) is 0 Å². The summed E-state index contributed by atoms with van der Waals surface area (Å²) >= 11 is 0. The van der Waals surface area contributed by atoms with Gasteiger partial charge in [-0.3, -0.25) is 9.59 Å². The molecule has 1 aromatic heterocycles. The third-order valence-corrected chi connectivity index (χ3v) is 4.97. The van der Waals surface area contributed by atoms with Gasteiger partial charge in [-0.05, 0) is 37.1 Å². The average Bonchev–Trinajstić information content (AvgIpc) is 3.36. The number of methoxy groups -OCH3 is 1. The molecule has 0 saturated carbocycles. The molecule has 1 atom stereocenters. The Hall–Kier alpha value is -3.06. The number of likely N-dealkylation sites (tertiary alicyclic amines) is 1. The van der Waals surface area contributed by atoms with Gasteiger partial charge >= 0.3 is 0 Å². The van der Waals surface area contributed by atoms with Gasteiger partial charge in [0.15, 0.2) is 0 Å². The highest BCUT2D eigenvalue weighted by molar-refractivity contribution is 6.46. The van der Waals surface area contributed by atoms with Crippen LogP contribution in [0.4, 0.5) is 0 Å². The molecule has 2 aromatic rings. The van der Waals surface area contributed by atoms with E-state index in [1.165, 1.54) is 11.2 Å². The number of ether oxygens (including phenoxy) is 2. The van der Waals surface area contributed by atoms with Crippen molar-refractivity contribution in [2.24, 2.45) is 0 Å². The number of hydrogen-bond donors (Lipinski definition) is 1. The number of furan rings is 1. The van der Waals surface area contributed by atoms with Crippen LogP contribution in [0.15, 0.2) is 52.7 Å². The Morgan fingerprint density at radius 3 is 2.70 bits per heavy atom. The fourth-order valence-corrected chi connectivity index (χ4v) is 3.46. The largest absolute Gasteiger partial charge is 0.507 e. The van der Waals surface area contributed by atoms with Gasteiger partial charge < -0.3 is 23.9 Å². The molecular formula is C23H27NO6. The standard InChI is InChI=1S/C23H27NO6/c1-3-4-13-29-17-9-5-8-16(15-17)21(25)19-20(18-10-6-14-30-18)24(11-7-12-28-2)23(27)22(19)26/h5-6,8-10,14-15,20,25H,3-4,7,11-13H2,1-2H3. The molecule has 1 N–H and O–H groups in total. The van der Waals surface area contributed by atoms with E-state index < -0.39 is 17.7 Å². The van der Waals surface area contributed by atoms with Crippen molar-refractivity contribution < 1.29 is 28.6 Å². The fourth-order valence-electron chi connectivity index (χ4n) is 3.46. The lowest BCUT2D eigenvalue weighted by atomic mass is 9.99. The van der Waals surface area contributed by atoms with Crippen molar-refractivity contribution in [3.8, 4) is 5.75 Å². The van der Waals surface area contributed by atoms with Crippen LogP contribution < -0.4 is 4.74 Å². The van der Waals surface area contributed by atoms with Crippen LogP contribution in [0, 0.1) is 0 Å². The lowest BCUT2D eigenvalue weighted by Gasteiger charge is -2.23. The van der Waals surface area contributed by atoms with Gasteiger partial charge in [0.25, 0.3) is 11.7 Å². The Morgan fingerprint density at radius 2 is 2.00 bits per heavy atom. The van der Waals surface area contributed by atoms with Gasteiger partial charge in [0.2, 0.25) is 0 Å². The summed E-state index contributed by atoms with van der Waals surface area (Å²) < 4.78 is 16.3. The molecule has 0 radical (unpaired) electrons. The molecule has 1 fully saturated rings. The topological polar surface area (TPSA) is 89.2 Å². The van der Waals surface area contributed by atoms with E-state index in [4.69, 9.17) is 13.9 Å². The maximum absolute atomic E-state index is 12.9. The van der Waals surface area contributed by atoms with E-state index in [9.17, 15) is 14.7 Å². The number of nitrogens with zero attached hydrogens (tertiary/aromatic N) is 1. The summed E-state index contributed by atoms with van der Waals surface area (Å²) in [6.07, 6.45) is 3.96. The zero-order valence-electron chi connectivity index (χ0n) is 17.3. The molecule has 1 aliphatic rings. The van der Waals surface area contributed by atoms with Crippen LogP contribution in [0.2, 0.25) is 0 Å². The highest BCUT2D eigenvalue weighted by Crippen LogP contribution is 2.39. The Balaban J connectivity index is 1.98. The predicted octanol–water partition coefficient (Wildman–Crippen LogP) is 3.92. The third kappa shape index (κ3) is 4.57. The quantitative estimate of drug-likeness (QED) is 0.275. The van der Waals surface area contributed by atoms with Gasteiger partial charge in [-0.1, -0.05) is 25.5 Å². The number of benzene rings is 1. The highest BCUT2D eigenvalue weighted by Gasteiger charge is 2.47. The van der Waals surface area contributed by atoms with E-state index in [0.29, 0.717) is 43.3 Å². The van der Waals surface area contributed by atoms with Crippen molar-refractivity contribution in [2.45, 2.75) is 32.2 Å². The number of rotatable bonds is 10. The van der Waals surface area contributed by atoms with Gasteiger partial charge in [0.05, 0.1) is 18.4 Å². The Kier molecular flexibility index (Phi) is 7.30. The van der Waals surface area contributed by atoms with Crippen LogP contribution in [0.3, 0.4) is 0 Å². The molecule has 7 heteroatoms. The number of aliphatic hydroxyl groups excluding tert-OH is 1. The van der Waals surface area contributed by atoms with Crippen LogP contribution in [0.25, 0.3) is 5.76 Å². The molecule has 1 amide bonds. The zero-order chi connectivity index (χ0) is 21.5. The van der Waals surface area contributed by atoms with Crippen molar-refractivity contribution in [1.82, 2.24) is 4.90 Å². The van der Waals surface area contributed by atoms with Crippen molar-refractivity contribution >= 4 is 17.4 Å². The molecule has 1 aromatic carbocycles. The second kappa shape index (κ2) is 10.1. The number of ketones is 1. The van der Waals surface area contributed by atoms with E-state index in [0.717, 1.165) is 12.8 Å². The monoisotopic (exact) mass is 413 g/mol. The Labute approximate surface area is 175 Å². The molecule has 0 spiro atoms. The van der Waals surface area contributed by atoms with Crippen LogP contribution in [0.1, 0.15) is 43.6 Å². The summed E-state index contributed by atoms with van der Waals surface area (Å²) in [6, 6.07) is 9.47. The predicted molar refractivity (Wildman–Crippen MR) is 111 cm³/mol. The summed E-state index contributed by atoms with van der Waals surface area (Å²) in [5.74, 6) is -0.627. The van der Waals surface area contributed by atoms with E-state index >= 15 is 0 Å². The molecule has 1 saturated heterocycles. The lowest BCUT2D eigenvalue weighted by Crippen LogP contribution is -2.31. The molecule has 30 heavy (non-hydrogen) atoms. The molecule has 0 bridgehead atoms. The number of amides is 1. The number of hydrogen-bond acceptors (Lipinski definition) is 6. The molecular weight excluding hydrogens is 386 g/mol. The Bertz CT molecular complexity index is 902. The minimum absolute atomic E-state index is 0.0121.